The molecule has 2 fully saturated rings. The molecule has 0 bridgehead atoms. The maximum Gasteiger partial charge on any atom is 0.266 e. The molecule has 40 heavy (non-hydrogen) atoms. The van der Waals surface area contributed by atoms with E-state index in [1.54, 1.807) is 24.3 Å². The first kappa shape index (κ1) is 26.0. The zero-order valence-electron chi connectivity index (χ0n) is 21.4. The smallest absolute Gasteiger partial charge is 0.266 e. The van der Waals surface area contributed by atoms with Crippen LogP contribution in [0.2, 0.25) is 0 Å². The topological polar surface area (TPSA) is 68.3 Å². The summed E-state index contributed by atoms with van der Waals surface area (Å²) in [6, 6.07) is 27.2. The fraction of sp³-hybridized carbons (Fsp3) is 0.161. The Bertz CT molecular complexity index is 1550. The van der Waals surface area contributed by atoms with Gasteiger partial charge in [-0.15, -0.1) is 0 Å². The molecule has 0 N–H and O–H groups in total. The number of methoxy groups -OCH3 is 1. The third-order valence-electron chi connectivity index (χ3n) is 7.05. The maximum absolute atomic E-state index is 13.9. The fourth-order valence-corrected chi connectivity index (χ4v) is 5.72. The molecule has 202 valence electrons. The number of fused-ring (bicyclic) bond motifs is 1. The van der Waals surface area contributed by atoms with Gasteiger partial charge >= 0.3 is 0 Å². The van der Waals surface area contributed by atoms with Crippen LogP contribution in [0, 0.1) is 11.7 Å². The Labute approximate surface area is 238 Å². The summed E-state index contributed by atoms with van der Waals surface area (Å²) in [7, 11) is 1.55. The summed E-state index contributed by atoms with van der Waals surface area (Å²) in [6.45, 7) is 0.343. The Morgan fingerprint density at radius 1 is 0.850 bits per heavy atom. The highest BCUT2D eigenvalue weighted by Gasteiger charge is 2.60. The number of ether oxygens (including phenoxy) is 2. The summed E-state index contributed by atoms with van der Waals surface area (Å²) in [5.41, 5.74) is 2.66. The van der Waals surface area contributed by atoms with Crippen molar-refractivity contribution in [2.45, 2.75) is 18.8 Å². The molecule has 0 saturated carbocycles. The maximum atomic E-state index is 13.9. The molecule has 0 unspecified atom stereocenters. The van der Waals surface area contributed by atoms with Crippen molar-refractivity contribution in [3.8, 4) is 11.5 Å². The first-order valence-electron chi connectivity index (χ1n) is 12.6. The van der Waals surface area contributed by atoms with Gasteiger partial charge in [0.2, 0.25) is 5.91 Å². The van der Waals surface area contributed by atoms with E-state index in [1.165, 1.54) is 24.3 Å². The second kappa shape index (κ2) is 10.7. The lowest BCUT2D eigenvalue weighted by atomic mass is 9.90. The second-order valence-corrected chi connectivity index (χ2v) is 10.3. The van der Waals surface area contributed by atoms with E-state index >= 15 is 0 Å². The van der Waals surface area contributed by atoms with Gasteiger partial charge in [-0.05, 0) is 59.7 Å². The van der Waals surface area contributed by atoms with E-state index in [4.69, 9.17) is 14.3 Å². The van der Waals surface area contributed by atoms with Crippen molar-refractivity contribution in [1.29, 1.82) is 0 Å². The molecule has 2 heterocycles. The van der Waals surface area contributed by atoms with E-state index in [9.17, 15) is 14.0 Å². The predicted molar refractivity (Wildman–Crippen MR) is 150 cm³/mol. The zero-order valence-corrected chi connectivity index (χ0v) is 23.0. The minimum absolute atomic E-state index is 0.292. The Morgan fingerprint density at radius 3 is 2.20 bits per heavy atom. The minimum Gasteiger partial charge on any atom is -0.493 e. The Balaban J connectivity index is 1.40. The first-order chi connectivity index (χ1) is 19.5. The molecule has 3 atom stereocenters. The summed E-state index contributed by atoms with van der Waals surface area (Å²) in [4.78, 5) is 34.7. The number of nitrogens with zero attached hydrogens (tertiary/aromatic N) is 2. The lowest BCUT2D eigenvalue weighted by molar-refractivity contribution is -0.126. The number of carbonyl (C=O) groups is 2. The van der Waals surface area contributed by atoms with Crippen LogP contribution in [0.4, 0.5) is 15.8 Å². The summed E-state index contributed by atoms with van der Waals surface area (Å²) >= 11 is 3.68. The number of rotatable bonds is 7. The molecule has 0 aromatic heterocycles. The Kier molecular flexibility index (Phi) is 7.00. The molecule has 2 aliphatic rings. The molecule has 0 radical (unpaired) electrons. The predicted octanol–water partition coefficient (Wildman–Crippen LogP) is 6.23. The summed E-state index contributed by atoms with van der Waals surface area (Å²) < 4.78 is 26.0. The van der Waals surface area contributed by atoms with Gasteiger partial charge in [0.15, 0.2) is 17.6 Å². The molecule has 2 aliphatic heterocycles. The lowest BCUT2D eigenvalue weighted by Gasteiger charge is -2.29. The van der Waals surface area contributed by atoms with E-state index in [2.05, 4.69) is 15.9 Å². The number of para-hydroxylation sites is 1. The lowest BCUT2D eigenvalue weighted by Crippen LogP contribution is -2.37. The third kappa shape index (κ3) is 4.61. The van der Waals surface area contributed by atoms with Crippen molar-refractivity contribution in [2.24, 2.45) is 5.92 Å². The van der Waals surface area contributed by atoms with Gasteiger partial charge in [-0.1, -0.05) is 64.5 Å². The van der Waals surface area contributed by atoms with Crippen molar-refractivity contribution < 1.29 is 28.3 Å². The molecule has 4 aromatic rings. The van der Waals surface area contributed by atoms with E-state index in [0.29, 0.717) is 39.5 Å². The van der Waals surface area contributed by atoms with Crippen LogP contribution in [0.15, 0.2) is 102 Å². The largest absolute Gasteiger partial charge is 0.493 e. The highest BCUT2D eigenvalue weighted by molar-refractivity contribution is 9.10. The average Bonchev–Trinajstić information content (AvgIpc) is 3.49. The highest BCUT2D eigenvalue weighted by Crippen LogP contribution is 2.50. The molecular formula is C31H24BrFN2O5. The van der Waals surface area contributed by atoms with Crippen LogP contribution < -0.4 is 19.4 Å². The van der Waals surface area contributed by atoms with Gasteiger partial charge in [-0.3, -0.25) is 14.4 Å². The minimum atomic E-state index is -1.06. The molecule has 0 aliphatic carbocycles. The molecule has 0 spiro atoms. The van der Waals surface area contributed by atoms with Crippen molar-refractivity contribution in [3.63, 3.8) is 0 Å². The Morgan fingerprint density at radius 2 is 1.52 bits per heavy atom. The quantitative estimate of drug-likeness (QED) is 0.234. The average molecular weight is 603 g/mol. The Hall–Kier alpha value is -4.21. The summed E-state index contributed by atoms with van der Waals surface area (Å²) in [5, 5.41) is 1.61. The van der Waals surface area contributed by atoms with Crippen LogP contribution >= 0.6 is 15.9 Å². The number of hydroxylamine groups is 1. The van der Waals surface area contributed by atoms with Gasteiger partial charge in [0.05, 0.1) is 24.5 Å². The number of anilines is 2. The van der Waals surface area contributed by atoms with E-state index in [-0.39, 0.29) is 0 Å². The van der Waals surface area contributed by atoms with Gasteiger partial charge < -0.3 is 9.47 Å². The first-order valence-corrected chi connectivity index (χ1v) is 13.4. The van der Waals surface area contributed by atoms with Gasteiger partial charge in [0.1, 0.15) is 18.3 Å². The van der Waals surface area contributed by atoms with Gasteiger partial charge in [0, 0.05) is 4.47 Å². The number of imide groups is 1. The molecule has 6 rings (SSSR count). The summed E-state index contributed by atoms with van der Waals surface area (Å²) in [6.07, 6.45) is -1.06. The number of hydrogen-bond donors (Lipinski definition) is 0. The van der Waals surface area contributed by atoms with Crippen LogP contribution in [-0.2, 0) is 21.0 Å². The van der Waals surface area contributed by atoms with Gasteiger partial charge in [-0.2, -0.15) is 0 Å². The monoisotopic (exact) mass is 602 g/mol. The molecule has 2 saturated heterocycles. The number of hydrogen-bond acceptors (Lipinski definition) is 6. The zero-order chi connectivity index (χ0) is 27.8. The van der Waals surface area contributed by atoms with E-state index in [1.807, 2.05) is 60.7 Å². The van der Waals surface area contributed by atoms with Crippen LogP contribution in [0.5, 0.6) is 11.5 Å². The van der Waals surface area contributed by atoms with Crippen molar-refractivity contribution in [3.05, 3.63) is 118 Å². The highest BCUT2D eigenvalue weighted by atomic mass is 79.9. The van der Waals surface area contributed by atoms with Crippen LogP contribution in [0.1, 0.15) is 17.2 Å². The van der Waals surface area contributed by atoms with Gasteiger partial charge in [0.25, 0.3) is 5.91 Å². The standard InChI is InChI=1S/C31H24BrFN2O5/c1-38-25-16-23(24(32)17-26(25)39-18-19-8-4-2-5-9-19)28-27-29(40-35(28)22-10-6-3-7-11-22)31(37)34(30(27)36)21-14-12-20(33)13-15-21/h2-17,27-29H,18H2,1H3/t27-,28-,29+/m1/s1. The van der Waals surface area contributed by atoms with Crippen LogP contribution in [0.25, 0.3) is 0 Å². The van der Waals surface area contributed by atoms with Crippen LogP contribution in [-0.4, -0.2) is 25.0 Å². The third-order valence-corrected chi connectivity index (χ3v) is 7.74. The molecule has 4 aromatic carbocycles. The molecule has 9 heteroatoms. The normalized spacial score (nSPS) is 20.1. The second-order valence-electron chi connectivity index (χ2n) is 9.45. The molecule has 2 amide bonds. The van der Waals surface area contributed by atoms with Gasteiger partial charge in [-0.25, -0.2) is 14.4 Å². The molecular weight excluding hydrogens is 579 g/mol. The van der Waals surface area contributed by atoms with E-state index < -0.39 is 35.7 Å². The van der Waals surface area contributed by atoms with Crippen LogP contribution in [0.3, 0.4) is 0 Å². The van der Waals surface area contributed by atoms with Crippen molar-refractivity contribution in [2.75, 3.05) is 17.1 Å². The number of halogens is 2. The fourth-order valence-electron chi connectivity index (χ4n) is 5.16. The van der Waals surface area contributed by atoms with Crippen molar-refractivity contribution in [1.82, 2.24) is 0 Å². The SMILES string of the molecule is COc1cc([C@@H]2[C@H]3C(=O)N(c4ccc(F)cc4)C(=O)[C@H]3ON2c2ccccc2)c(Br)cc1OCc1ccccc1. The number of carbonyl (C=O) groups excluding carboxylic acids is 2. The molecule has 7 nitrogen and oxygen atoms in total. The van der Waals surface area contributed by atoms with E-state index in [0.717, 1.165) is 10.5 Å². The summed E-state index contributed by atoms with van der Waals surface area (Å²) in [5.74, 6) is -1.27. The van der Waals surface area contributed by atoms with Crippen molar-refractivity contribution >= 4 is 39.1 Å². The number of amides is 2. The number of benzene rings is 4.